The summed E-state index contributed by atoms with van der Waals surface area (Å²) in [5, 5.41) is 6.95. The zero-order chi connectivity index (χ0) is 16.8. The number of hydrogen-bond donors (Lipinski definition) is 2. The molecule has 0 spiro atoms. The molecule has 0 amide bonds. The molecule has 2 N–H and O–H groups in total. The Bertz CT molecular complexity index is 630. The molecule has 0 saturated heterocycles. The molecule has 0 aliphatic carbocycles. The Morgan fingerprint density at radius 2 is 1.61 bits per heavy atom. The molecule has 1 unspecified atom stereocenters. The van der Waals surface area contributed by atoms with Gasteiger partial charge in [-0.25, -0.2) is 9.97 Å². The van der Waals surface area contributed by atoms with Crippen molar-refractivity contribution in [3.63, 3.8) is 0 Å². The lowest BCUT2D eigenvalue weighted by molar-refractivity contribution is 0.757. The molecule has 0 saturated carbocycles. The van der Waals surface area contributed by atoms with E-state index in [0.29, 0.717) is 6.04 Å². The van der Waals surface area contributed by atoms with Crippen molar-refractivity contribution in [2.75, 3.05) is 10.6 Å². The fourth-order valence-corrected chi connectivity index (χ4v) is 2.59. The zero-order valence-electron chi connectivity index (χ0n) is 14.9. The summed E-state index contributed by atoms with van der Waals surface area (Å²) in [6, 6.07) is 8.86. The van der Waals surface area contributed by atoms with Gasteiger partial charge in [0.1, 0.15) is 17.5 Å². The largest absolute Gasteiger partial charge is 0.367 e. The van der Waals surface area contributed by atoms with Gasteiger partial charge in [-0.15, -0.1) is 0 Å². The lowest BCUT2D eigenvalue weighted by Crippen LogP contribution is -2.15. The second kappa shape index (κ2) is 7.95. The first kappa shape index (κ1) is 17.3. The smallest absolute Gasteiger partial charge is 0.136 e. The van der Waals surface area contributed by atoms with Crippen LogP contribution < -0.4 is 10.6 Å². The van der Waals surface area contributed by atoms with Crippen molar-refractivity contribution in [2.45, 2.75) is 59.9 Å². The van der Waals surface area contributed by atoms with Crippen molar-refractivity contribution in [1.29, 1.82) is 0 Å². The van der Waals surface area contributed by atoms with Crippen LogP contribution in [-0.2, 0) is 12.8 Å². The molecule has 4 heteroatoms. The molecule has 0 fully saturated rings. The van der Waals surface area contributed by atoms with Crippen LogP contribution in [-0.4, -0.2) is 16.0 Å². The van der Waals surface area contributed by atoms with Gasteiger partial charge >= 0.3 is 0 Å². The van der Waals surface area contributed by atoms with Gasteiger partial charge in [0.05, 0.1) is 0 Å². The normalized spacial score (nSPS) is 12.0. The summed E-state index contributed by atoms with van der Waals surface area (Å²) >= 11 is 0. The highest BCUT2D eigenvalue weighted by atomic mass is 15.1. The van der Waals surface area contributed by atoms with Gasteiger partial charge in [-0.1, -0.05) is 39.0 Å². The molecule has 23 heavy (non-hydrogen) atoms. The lowest BCUT2D eigenvalue weighted by atomic mass is 10.0. The number of aryl methyl sites for hydroxylation is 3. The number of aromatic nitrogens is 2. The van der Waals surface area contributed by atoms with Crippen molar-refractivity contribution in [3.05, 3.63) is 41.2 Å². The summed E-state index contributed by atoms with van der Waals surface area (Å²) < 4.78 is 0. The third-order valence-corrected chi connectivity index (χ3v) is 4.10. The summed E-state index contributed by atoms with van der Waals surface area (Å²) in [5.41, 5.74) is 3.82. The standard InChI is InChI=1S/C19H28N4/c1-6-13(4)20-17-12-18(22-14(5)21-17)23-19-15(7-2)10-9-11-16(19)8-3/h9-13H,6-8H2,1-5H3,(H2,20,21,22,23). The molecule has 1 aromatic heterocycles. The highest BCUT2D eigenvalue weighted by molar-refractivity contribution is 5.66. The van der Waals surface area contributed by atoms with Gasteiger partial charge in [-0.3, -0.25) is 0 Å². The van der Waals surface area contributed by atoms with E-state index in [1.165, 1.54) is 16.8 Å². The fraction of sp³-hybridized carbons (Fsp3) is 0.474. The van der Waals surface area contributed by atoms with Crippen LogP contribution in [0.4, 0.5) is 17.3 Å². The Hall–Kier alpha value is -2.10. The van der Waals surface area contributed by atoms with Crippen LogP contribution in [0, 0.1) is 6.92 Å². The summed E-state index contributed by atoms with van der Waals surface area (Å²) in [6.07, 6.45) is 3.06. The second-order valence-electron chi connectivity index (χ2n) is 5.92. The van der Waals surface area contributed by atoms with Gasteiger partial charge in [0.15, 0.2) is 0 Å². The number of anilines is 3. The van der Waals surface area contributed by atoms with E-state index in [1.807, 2.05) is 13.0 Å². The maximum atomic E-state index is 4.55. The Morgan fingerprint density at radius 3 is 2.17 bits per heavy atom. The van der Waals surface area contributed by atoms with Gasteiger partial charge in [0, 0.05) is 17.8 Å². The average Bonchev–Trinajstić information content (AvgIpc) is 2.54. The van der Waals surface area contributed by atoms with Crippen LogP contribution in [0.2, 0.25) is 0 Å². The van der Waals surface area contributed by atoms with E-state index in [-0.39, 0.29) is 0 Å². The summed E-state index contributed by atoms with van der Waals surface area (Å²) in [5.74, 6) is 2.49. The van der Waals surface area contributed by atoms with E-state index in [9.17, 15) is 0 Å². The number of hydrogen-bond acceptors (Lipinski definition) is 4. The first-order valence-corrected chi connectivity index (χ1v) is 8.57. The number of para-hydroxylation sites is 1. The lowest BCUT2D eigenvalue weighted by Gasteiger charge is -2.17. The molecule has 0 bridgehead atoms. The first-order chi connectivity index (χ1) is 11.1. The molecular formula is C19H28N4. The fourth-order valence-electron chi connectivity index (χ4n) is 2.59. The van der Waals surface area contributed by atoms with E-state index >= 15 is 0 Å². The Balaban J connectivity index is 2.33. The van der Waals surface area contributed by atoms with Crippen LogP contribution >= 0.6 is 0 Å². The Morgan fingerprint density at radius 1 is 1.00 bits per heavy atom. The molecule has 0 radical (unpaired) electrons. The van der Waals surface area contributed by atoms with Crippen LogP contribution in [0.15, 0.2) is 24.3 Å². The van der Waals surface area contributed by atoms with Crippen molar-refractivity contribution in [2.24, 2.45) is 0 Å². The second-order valence-corrected chi connectivity index (χ2v) is 5.92. The van der Waals surface area contributed by atoms with Crippen molar-refractivity contribution < 1.29 is 0 Å². The third kappa shape index (κ3) is 4.44. The SMILES string of the molecule is CCc1cccc(CC)c1Nc1cc(NC(C)CC)nc(C)n1. The minimum Gasteiger partial charge on any atom is -0.367 e. The van der Waals surface area contributed by atoms with Gasteiger partial charge in [0.2, 0.25) is 0 Å². The van der Waals surface area contributed by atoms with E-state index in [1.54, 1.807) is 0 Å². The maximum absolute atomic E-state index is 4.55. The minimum atomic E-state index is 0.395. The number of rotatable bonds is 7. The quantitative estimate of drug-likeness (QED) is 0.766. The van der Waals surface area contributed by atoms with Crippen molar-refractivity contribution >= 4 is 17.3 Å². The van der Waals surface area contributed by atoms with Gasteiger partial charge in [-0.2, -0.15) is 0 Å². The van der Waals surface area contributed by atoms with Crippen LogP contribution in [0.3, 0.4) is 0 Å². The number of nitrogens with zero attached hydrogens (tertiary/aromatic N) is 2. The van der Waals surface area contributed by atoms with Crippen LogP contribution in [0.1, 0.15) is 51.1 Å². The first-order valence-electron chi connectivity index (χ1n) is 8.57. The van der Waals surface area contributed by atoms with Crippen LogP contribution in [0.25, 0.3) is 0 Å². The molecule has 1 heterocycles. The molecule has 0 aliphatic rings. The predicted molar refractivity (Wildman–Crippen MR) is 98.6 cm³/mol. The van der Waals surface area contributed by atoms with E-state index in [4.69, 9.17) is 0 Å². The molecular weight excluding hydrogens is 284 g/mol. The van der Waals surface area contributed by atoms with Gasteiger partial charge in [0.25, 0.3) is 0 Å². The molecule has 124 valence electrons. The summed E-state index contributed by atoms with van der Waals surface area (Å²) in [7, 11) is 0. The highest BCUT2D eigenvalue weighted by Crippen LogP contribution is 2.26. The predicted octanol–water partition coefficient (Wildman–Crippen LogP) is 4.86. The molecule has 2 rings (SSSR count). The van der Waals surface area contributed by atoms with E-state index in [2.05, 4.69) is 66.5 Å². The minimum absolute atomic E-state index is 0.395. The summed E-state index contributed by atoms with van der Waals surface area (Å²) in [6.45, 7) is 10.6. The van der Waals surface area contributed by atoms with Crippen LogP contribution in [0.5, 0.6) is 0 Å². The number of nitrogens with one attached hydrogen (secondary N) is 2. The van der Waals surface area contributed by atoms with Gasteiger partial charge < -0.3 is 10.6 Å². The molecule has 1 atom stereocenters. The zero-order valence-corrected chi connectivity index (χ0v) is 14.9. The van der Waals surface area contributed by atoms with Crippen molar-refractivity contribution in [1.82, 2.24) is 9.97 Å². The maximum Gasteiger partial charge on any atom is 0.136 e. The molecule has 4 nitrogen and oxygen atoms in total. The molecule has 0 aliphatic heterocycles. The Kier molecular flexibility index (Phi) is 5.97. The van der Waals surface area contributed by atoms with Gasteiger partial charge in [-0.05, 0) is 44.2 Å². The molecule has 2 aromatic rings. The highest BCUT2D eigenvalue weighted by Gasteiger charge is 2.09. The number of benzene rings is 1. The average molecular weight is 312 g/mol. The molecule has 1 aromatic carbocycles. The van der Waals surface area contributed by atoms with E-state index in [0.717, 1.165) is 36.7 Å². The van der Waals surface area contributed by atoms with Crippen molar-refractivity contribution in [3.8, 4) is 0 Å². The summed E-state index contributed by atoms with van der Waals surface area (Å²) in [4.78, 5) is 9.04. The third-order valence-electron chi connectivity index (χ3n) is 4.10. The Labute approximate surface area is 139 Å². The topological polar surface area (TPSA) is 49.8 Å². The monoisotopic (exact) mass is 312 g/mol. The van der Waals surface area contributed by atoms with E-state index < -0.39 is 0 Å².